The van der Waals surface area contributed by atoms with Gasteiger partial charge in [-0.2, -0.15) is 4.98 Å². The largest absolute Gasteiger partial charge is 0.480 e. The molecule has 0 radical (unpaired) electrons. The molecule has 0 aliphatic rings. The molecule has 4 aromatic heterocycles. The second-order valence-electron chi connectivity index (χ2n) is 4.74. The van der Waals surface area contributed by atoms with Crippen molar-refractivity contribution in [2.24, 2.45) is 0 Å². The van der Waals surface area contributed by atoms with Crippen LogP contribution in [0.1, 0.15) is 0 Å². The van der Waals surface area contributed by atoms with Gasteiger partial charge in [0.1, 0.15) is 5.15 Å². The van der Waals surface area contributed by atoms with Crippen LogP contribution in [-0.2, 0) is 0 Å². The molecule has 0 unspecified atom stereocenters. The van der Waals surface area contributed by atoms with Crippen molar-refractivity contribution < 1.29 is 8.62 Å². The second-order valence-corrected chi connectivity index (χ2v) is 5.66. The molecular formula is C14H9ClFN5OS. The lowest BCUT2D eigenvalue weighted by atomic mass is 10.1. The summed E-state index contributed by atoms with van der Waals surface area (Å²) in [7, 11) is 1.53. The summed E-state index contributed by atoms with van der Waals surface area (Å²) in [5.74, 6) is 0.928. The van der Waals surface area contributed by atoms with Crippen molar-refractivity contribution in [3.8, 4) is 17.0 Å². The highest BCUT2D eigenvalue weighted by atomic mass is 35.5. The molecule has 0 atom stereocenters. The van der Waals surface area contributed by atoms with Crippen LogP contribution in [0.3, 0.4) is 0 Å². The maximum absolute atomic E-state index is 13.2. The highest BCUT2D eigenvalue weighted by molar-refractivity contribution is 7.92. The molecule has 0 amide bonds. The first kappa shape index (κ1) is 14.3. The highest BCUT2D eigenvalue weighted by Crippen LogP contribution is 2.37. The Morgan fingerprint density at radius 3 is 2.87 bits per heavy atom. The minimum Gasteiger partial charge on any atom is -0.480 e. The molecule has 4 heterocycles. The van der Waals surface area contributed by atoms with Crippen molar-refractivity contribution in [1.82, 2.24) is 23.3 Å². The van der Waals surface area contributed by atoms with Crippen molar-refractivity contribution in [2.45, 2.75) is 0 Å². The van der Waals surface area contributed by atoms with E-state index in [1.165, 1.54) is 11.1 Å². The van der Waals surface area contributed by atoms with E-state index < -0.39 is 0 Å². The van der Waals surface area contributed by atoms with Crippen LogP contribution in [0.5, 0.6) is 5.88 Å². The van der Waals surface area contributed by atoms with Crippen LogP contribution >= 0.6 is 23.9 Å². The van der Waals surface area contributed by atoms with Crippen molar-refractivity contribution in [1.29, 1.82) is 0 Å². The van der Waals surface area contributed by atoms with Gasteiger partial charge in [0.25, 0.3) is 0 Å². The molecule has 0 aromatic carbocycles. The molecule has 4 aromatic rings. The third kappa shape index (κ3) is 2.22. The minimum atomic E-state index is 0.0564. The van der Waals surface area contributed by atoms with Gasteiger partial charge in [-0.15, -0.1) is 3.89 Å². The molecular weight excluding hydrogens is 341 g/mol. The van der Waals surface area contributed by atoms with Gasteiger partial charge in [0, 0.05) is 35.7 Å². The SMILES string of the molecule is COc1nc2nccn2cc1-c1cn(SF)c2nc(Cl)ccc12. The number of fused-ring (bicyclic) bond motifs is 2. The minimum absolute atomic E-state index is 0.0564. The summed E-state index contributed by atoms with van der Waals surface area (Å²) in [5.41, 5.74) is 1.89. The monoisotopic (exact) mass is 349 g/mol. The molecule has 4 rings (SSSR count). The first-order chi connectivity index (χ1) is 11.2. The van der Waals surface area contributed by atoms with E-state index in [1.54, 1.807) is 35.1 Å². The molecule has 0 saturated carbocycles. The Morgan fingerprint density at radius 1 is 1.22 bits per heavy atom. The van der Waals surface area contributed by atoms with E-state index in [0.29, 0.717) is 28.0 Å². The fourth-order valence-electron chi connectivity index (χ4n) is 2.50. The third-order valence-electron chi connectivity index (χ3n) is 3.49. The molecule has 0 bridgehead atoms. The van der Waals surface area contributed by atoms with Crippen LogP contribution in [0.15, 0.2) is 36.9 Å². The zero-order valence-electron chi connectivity index (χ0n) is 11.8. The molecule has 0 saturated heterocycles. The molecule has 0 aliphatic carbocycles. The summed E-state index contributed by atoms with van der Waals surface area (Å²) in [6.07, 6.45) is 6.91. The zero-order chi connectivity index (χ0) is 16.0. The van der Waals surface area contributed by atoms with Gasteiger partial charge in [-0.3, -0.25) is 4.40 Å². The number of imidazole rings is 1. The molecule has 0 aliphatic heterocycles. The molecule has 116 valence electrons. The van der Waals surface area contributed by atoms with Crippen LogP contribution in [0, 0.1) is 0 Å². The van der Waals surface area contributed by atoms with Gasteiger partial charge in [0.05, 0.1) is 12.7 Å². The Hall–Kier alpha value is -2.32. The molecule has 9 heteroatoms. The van der Waals surface area contributed by atoms with Gasteiger partial charge in [-0.05, 0) is 12.1 Å². The Morgan fingerprint density at radius 2 is 2.09 bits per heavy atom. The molecule has 6 nitrogen and oxygen atoms in total. The molecule has 0 N–H and O–H groups in total. The number of rotatable bonds is 3. The van der Waals surface area contributed by atoms with Crippen molar-refractivity contribution in [3.05, 3.63) is 42.1 Å². The number of hydrogen-bond acceptors (Lipinski definition) is 5. The van der Waals surface area contributed by atoms with Gasteiger partial charge >= 0.3 is 0 Å². The zero-order valence-corrected chi connectivity index (χ0v) is 13.3. The van der Waals surface area contributed by atoms with Crippen LogP contribution in [0.25, 0.3) is 27.9 Å². The lowest BCUT2D eigenvalue weighted by Crippen LogP contribution is -1.96. The van der Waals surface area contributed by atoms with Crippen molar-refractivity contribution in [3.63, 3.8) is 0 Å². The number of ether oxygens (including phenoxy) is 1. The van der Waals surface area contributed by atoms with E-state index in [1.807, 2.05) is 6.20 Å². The maximum atomic E-state index is 13.2. The summed E-state index contributed by atoms with van der Waals surface area (Å²) >= 11 is 5.98. The Labute approximate surface area is 139 Å². The van der Waals surface area contributed by atoms with E-state index in [0.717, 1.165) is 10.9 Å². The third-order valence-corrected chi connectivity index (χ3v) is 4.13. The predicted octanol–water partition coefficient (Wildman–Crippen LogP) is 3.79. The van der Waals surface area contributed by atoms with Gasteiger partial charge in [0.2, 0.25) is 11.7 Å². The highest BCUT2D eigenvalue weighted by Gasteiger charge is 2.18. The molecule has 23 heavy (non-hydrogen) atoms. The summed E-state index contributed by atoms with van der Waals surface area (Å²) in [5, 5.41) is 1.05. The maximum Gasteiger partial charge on any atom is 0.237 e. The van der Waals surface area contributed by atoms with E-state index in [-0.39, 0.29) is 12.3 Å². The summed E-state index contributed by atoms with van der Waals surface area (Å²) < 4.78 is 21.7. The lowest BCUT2D eigenvalue weighted by Gasteiger charge is -2.07. The molecule has 0 spiro atoms. The average molecular weight is 350 g/mol. The summed E-state index contributed by atoms with van der Waals surface area (Å²) in [6.45, 7) is 0. The fourth-order valence-corrected chi connectivity index (χ4v) is 2.99. The van der Waals surface area contributed by atoms with E-state index >= 15 is 0 Å². The van der Waals surface area contributed by atoms with Crippen LogP contribution in [0.2, 0.25) is 5.15 Å². The van der Waals surface area contributed by atoms with E-state index in [2.05, 4.69) is 15.0 Å². The predicted molar refractivity (Wildman–Crippen MR) is 87.4 cm³/mol. The standard InChI is InChI=1S/C14H9ClFN5OS/c1-22-13-10(6-20-5-4-17-14(20)19-13)9-7-21(23-16)12-8(9)2-3-11(15)18-12/h2-7H,1H3. The topological polar surface area (TPSA) is 57.2 Å². The second kappa shape index (κ2) is 5.39. The summed E-state index contributed by atoms with van der Waals surface area (Å²) in [6, 6.07) is 3.46. The van der Waals surface area contributed by atoms with E-state index in [4.69, 9.17) is 16.3 Å². The number of halogens is 2. The fraction of sp³-hybridized carbons (Fsp3) is 0.0714. The Kier molecular flexibility index (Phi) is 3.35. The van der Waals surface area contributed by atoms with E-state index in [9.17, 15) is 3.89 Å². The number of aromatic nitrogens is 5. The number of methoxy groups -OCH3 is 1. The average Bonchev–Trinajstić information content (AvgIpc) is 3.16. The Balaban J connectivity index is 2.05. The van der Waals surface area contributed by atoms with Gasteiger partial charge in [-0.1, -0.05) is 11.6 Å². The lowest BCUT2D eigenvalue weighted by molar-refractivity contribution is 0.400. The molecule has 0 fully saturated rings. The van der Waals surface area contributed by atoms with Crippen LogP contribution < -0.4 is 4.74 Å². The number of pyridine rings is 1. The number of nitrogens with zero attached hydrogens (tertiary/aromatic N) is 5. The van der Waals surface area contributed by atoms with Crippen molar-refractivity contribution >= 4 is 40.7 Å². The smallest absolute Gasteiger partial charge is 0.237 e. The normalized spacial score (nSPS) is 11.4. The first-order valence-electron chi connectivity index (χ1n) is 6.56. The first-order valence-corrected chi connectivity index (χ1v) is 7.61. The van der Waals surface area contributed by atoms with Crippen LogP contribution in [0.4, 0.5) is 3.89 Å². The summed E-state index contributed by atoms with van der Waals surface area (Å²) in [4.78, 5) is 12.7. The quantitative estimate of drug-likeness (QED) is 0.527. The van der Waals surface area contributed by atoms with Crippen molar-refractivity contribution in [2.75, 3.05) is 7.11 Å². The van der Waals surface area contributed by atoms with Gasteiger partial charge in [-0.25, -0.2) is 13.9 Å². The van der Waals surface area contributed by atoms with Crippen LogP contribution in [-0.4, -0.2) is 30.4 Å². The Bertz CT molecular complexity index is 1030. The number of hydrogen-bond donors (Lipinski definition) is 0. The van der Waals surface area contributed by atoms with Gasteiger partial charge < -0.3 is 4.74 Å². The van der Waals surface area contributed by atoms with Gasteiger partial charge in [0.15, 0.2) is 18.0 Å².